The van der Waals surface area contributed by atoms with E-state index in [2.05, 4.69) is 41.3 Å². The first-order valence-corrected chi connectivity index (χ1v) is 14.8. The van der Waals surface area contributed by atoms with Gasteiger partial charge in [-0.05, 0) is 54.6 Å². The molecule has 0 atom stereocenters. The summed E-state index contributed by atoms with van der Waals surface area (Å²) in [5.74, 6) is 3.48. The Kier molecular flexibility index (Phi) is 5.71. The Bertz CT molecular complexity index is 2260. The Balaban J connectivity index is 1.17. The van der Waals surface area contributed by atoms with Crippen molar-refractivity contribution in [3.05, 3.63) is 146 Å². The highest BCUT2D eigenvalue weighted by Gasteiger charge is 2.26. The van der Waals surface area contributed by atoms with Gasteiger partial charge in [-0.1, -0.05) is 91.0 Å². The summed E-state index contributed by atoms with van der Waals surface area (Å²) in [5, 5.41) is 2.05. The van der Waals surface area contributed by atoms with E-state index < -0.39 is 0 Å². The molecule has 2 aromatic heterocycles. The molecule has 0 amide bonds. The number of hydrogen-bond donors (Lipinski definition) is 0. The highest BCUT2D eigenvalue weighted by Crippen LogP contribution is 2.50. The first-order chi connectivity index (χ1) is 22.3. The van der Waals surface area contributed by atoms with Gasteiger partial charge < -0.3 is 14.1 Å². The van der Waals surface area contributed by atoms with Gasteiger partial charge in [0.25, 0.3) is 0 Å². The molecule has 0 unspecified atom stereocenters. The van der Waals surface area contributed by atoms with Crippen molar-refractivity contribution in [1.29, 1.82) is 0 Å². The van der Waals surface area contributed by atoms with Crippen molar-refractivity contribution in [2.45, 2.75) is 0 Å². The van der Waals surface area contributed by atoms with Crippen LogP contribution in [0.1, 0.15) is 0 Å². The molecule has 0 radical (unpaired) electrons. The summed E-state index contributed by atoms with van der Waals surface area (Å²) in [5.41, 5.74) is 7.30. The molecule has 45 heavy (non-hydrogen) atoms. The zero-order valence-electron chi connectivity index (χ0n) is 24.0. The van der Waals surface area contributed by atoms with Crippen LogP contribution in [-0.4, -0.2) is 15.0 Å². The second kappa shape index (κ2) is 10.2. The van der Waals surface area contributed by atoms with Crippen molar-refractivity contribution in [2.24, 2.45) is 0 Å². The number of rotatable bonds is 4. The minimum absolute atomic E-state index is 0.590. The summed E-state index contributed by atoms with van der Waals surface area (Å²) >= 11 is 0. The Morgan fingerprint density at radius 2 is 0.978 bits per heavy atom. The highest BCUT2D eigenvalue weighted by molar-refractivity contribution is 6.07. The maximum atomic E-state index is 6.41. The van der Waals surface area contributed by atoms with Crippen LogP contribution in [0.4, 0.5) is 17.1 Å². The molecule has 8 aromatic rings. The first kappa shape index (κ1) is 25.2. The van der Waals surface area contributed by atoms with Crippen LogP contribution in [0.15, 0.2) is 150 Å². The molecule has 0 spiro atoms. The zero-order valence-corrected chi connectivity index (χ0v) is 24.0. The third kappa shape index (κ3) is 4.31. The summed E-state index contributed by atoms with van der Waals surface area (Å²) in [6.45, 7) is 0. The fraction of sp³-hybridized carbons (Fsp3) is 0. The van der Waals surface area contributed by atoms with Crippen LogP contribution in [0.5, 0.6) is 11.5 Å². The van der Waals surface area contributed by atoms with Crippen molar-refractivity contribution in [3.8, 4) is 45.7 Å². The van der Waals surface area contributed by atoms with E-state index >= 15 is 0 Å². The smallest absolute Gasteiger partial charge is 0.164 e. The van der Waals surface area contributed by atoms with E-state index in [1.165, 1.54) is 0 Å². The monoisotopic (exact) mass is 580 g/mol. The molecule has 0 aliphatic carbocycles. The van der Waals surface area contributed by atoms with Gasteiger partial charge in [0.1, 0.15) is 11.2 Å². The van der Waals surface area contributed by atoms with Crippen molar-refractivity contribution in [3.63, 3.8) is 0 Å². The maximum Gasteiger partial charge on any atom is 0.164 e. The zero-order chi connectivity index (χ0) is 29.7. The highest BCUT2D eigenvalue weighted by atomic mass is 16.5. The second-order valence-corrected chi connectivity index (χ2v) is 10.9. The Morgan fingerprint density at radius 3 is 1.60 bits per heavy atom. The number of aromatic nitrogens is 3. The van der Waals surface area contributed by atoms with Crippen LogP contribution < -0.4 is 9.64 Å². The van der Waals surface area contributed by atoms with E-state index in [0.29, 0.717) is 17.5 Å². The van der Waals surface area contributed by atoms with Crippen molar-refractivity contribution >= 4 is 39.0 Å². The number of benzene rings is 6. The fourth-order valence-corrected chi connectivity index (χ4v) is 5.96. The lowest BCUT2D eigenvalue weighted by atomic mass is 10.1. The Hall–Kier alpha value is -6.27. The van der Waals surface area contributed by atoms with Gasteiger partial charge in [0.05, 0.1) is 11.4 Å². The number of furan rings is 1. The molecule has 6 heteroatoms. The molecular formula is C39H24N4O2. The molecule has 0 bridgehead atoms. The van der Waals surface area contributed by atoms with Crippen LogP contribution in [-0.2, 0) is 0 Å². The molecule has 1 aliphatic heterocycles. The van der Waals surface area contributed by atoms with Crippen LogP contribution in [0.3, 0.4) is 0 Å². The summed E-state index contributed by atoms with van der Waals surface area (Å²) in [6.07, 6.45) is 0. The van der Waals surface area contributed by atoms with Gasteiger partial charge in [-0.2, -0.15) is 0 Å². The van der Waals surface area contributed by atoms with Crippen LogP contribution in [0, 0.1) is 0 Å². The molecule has 9 rings (SSSR count). The number of anilines is 3. The predicted octanol–water partition coefficient (Wildman–Crippen LogP) is 10.3. The van der Waals surface area contributed by atoms with Gasteiger partial charge in [0.15, 0.2) is 29.0 Å². The summed E-state index contributed by atoms with van der Waals surface area (Å²) in [7, 11) is 0. The largest absolute Gasteiger partial charge is 0.456 e. The minimum atomic E-state index is 0.590. The van der Waals surface area contributed by atoms with E-state index in [1.54, 1.807) is 0 Å². The molecule has 0 fully saturated rings. The number of hydrogen-bond acceptors (Lipinski definition) is 6. The topological polar surface area (TPSA) is 64.3 Å². The van der Waals surface area contributed by atoms with E-state index in [9.17, 15) is 0 Å². The SMILES string of the molecule is c1ccc(-c2nc(-c3ccccc3)nc(-c3ccc4c(c3)oc3ccc(N5c6ccccc6Oc6ccccc65)cc34)n2)cc1. The fourth-order valence-electron chi connectivity index (χ4n) is 5.96. The van der Waals surface area contributed by atoms with Gasteiger partial charge in [-0.3, -0.25) is 0 Å². The second-order valence-electron chi connectivity index (χ2n) is 10.9. The lowest BCUT2D eigenvalue weighted by Gasteiger charge is -2.32. The number of fused-ring (bicyclic) bond motifs is 5. The molecule has 0 saturated heterocycles. The number of nitrogens with zero attached hydrogens (tertiary/aromatic N) is 4. The minimum Gasteiger partial charge on any atom is -0.456 e. The van der Waals surface area contributed by atoms with Crippen molar-refractivity contribution in [2.75, 3.05) is 4.90 Å². The number of para-hydroxylation sites is 4. The van der Waals surface area contributed by atoms with Crippen LogP contribution in [0.25, 0.3) is 56.1 Å². The van der Waals surface area contributed by atoms with Crippen LogP contribution >= 0.6 is 0 Å². The summed E-state index contributed by atoms with van der Waals surface area (Å²) in [6, 6.07) is 48.7. The first-order valence-electron chi connectivity index (χ1n) is 14.8. The van der Waals surface area contributed by atoms with Crippen molar-refractivity contribution < 1.29 is 9.15 Å². The summed E-state index contributed by atoms with van der Waals surface area (Å²) in [4.78, 5) is 16.9. The average Bonchev–Trinajstić information content (AvgIpc) is 3.48. The average molecular weight is 581 g/mol. The predicted molar refractivity (Wildman–Crippen MR) is 178 cm³/mol. The molecular weight excluding hydrogens is 556 g/mol. The third-order valence-electron chi connectivity index (χ3n) is 8.10. The van der Waals surface area contributed by atoms with E-state index in [-0.39, 0.29) is 0 Å². The van der Waals surface area contributed by atoms with E-state index in [4.69, 9.17) is 24.1 Å². The quantitative estimate of drug-likeness (QED) is 0.206. The van der Waals surface area contributed by atoms with Gasteiger partial charge >= 0.3 is 0 Å². The molecule has 3 heterocycles. The van der Waals surface area contributed by atoms with E-state index in [1.807, 2.05) is 109 Å². The molecule has 212 valence electrons. The van der Waals surface area contributed by atoms with Gasteiger partial charge in [-0.15, -0.1) is 0 Å². The number of ether oxygens (including phenoxy) is 1. The van der Waals surface area contributed by atoms with Gasteiger partial charge in [-0.25, -0.2) is 15.0 Å². The standard InChI is InChI=1S/C39H24N4O2/c1-3-11-25(12-4-1)37-40-38(26-13-5-2-6-14-26)42-39(41-37)27-19-21-29-30-24-28(20-22-33(30)44-36(29)23-27)43-31-15-7-9-17-34(31)45-35-18-10-8-16-32(35)43/h1-24H. The van der Waals surface area contributed by atoms with Gasteiger partial charge in [0.2, 0.25) is 0 Å². The van der Waals surface area contributed by atoms with Crippen molar-refractivity contribution in [1.82, 2.24) is 15.0 Å². The molecule has 1 aliphatic rings. The van der Waals surface area contributed by atoms with Gasteiger partial charge in [0, 0.05) is 33.2 Å². The molecule has 6 nitrogen and oxygen atoms in total. The molecule has 0 saturated carbocycles. The Morgan fingerprint density at radius 1 is 0.422 bits per heavy atom. The lowest BCUT2D eigenvalue weighted by Crippen LogP contribution is -2.15. The lowest BCUT2D eigenvalue weighted by molar-refractivity contribution is 0.477. The van der Waals surface area contributed by atoms with E-state index in [0.717, 1.165) is 67.2 Å². The summed E-state index contributed by atoms with van der Waals surface area (Å²) < 4.78 is 12.6. The third-order valence-corrected chi connectivity index (χ3v) is 8.10. The molecule has 6 aromatic carbocycles. The maximum absolute atomic E-state index is 6.41. The molecule has 0 N–H and O–H groups in total. The Labute approximate surface area is 258 Å². The van der Waals surface area contributed by atoms with Crippen LogP contribution in [0.2, 0.25) is 0 Å². The normalized spacial score (nSPS) is 12.1.